The Kier molecular flexibility index (Phi) is 4.93. The fourth-order valence-electron chi connectivity index (χ4n) is 2.48. The summed E-state index contributed by atoms with van der Waals surface area (Å²) in [5.41, 5.74) is 3.29. The zero-order chi connectivity index (χ0) is 18.7. The highest BCUT2D eigenvalue weighted by atomic mass is 19.1. The third-order valence-corrected chi connectivity index (χ3v) is 3.85. The van der Waals surface area contributed by atoms with Crippen molar-refractivity contribution in [3.05, 3.63) is 83.1 Å². The number of aromatic nitrogens is 1. The van der Waals surface area contributed by atoms with Gasteiger partial charge in [0, 0.05) is 18.0 Å². The average molecular weight is 353 g/mol. The summed E-state index contributed by atoms with van der Waals surface area (Å²) < 4.78 is 26.6. The van der Waals surface area contributed by atoms with E-state index in [0.29, 0.717) is 11.4 Å². The molecule has 6 heteroatoms. The van der Waals surface area contributed by atoms with Gasteiger partial charge in [-0.2, -0.15) is 0 Å². The van der Waals surface area contributed by atoms with E-state index >= 15 is 0 Å². The minimum Gasteiger partial charge on any atom is -0.338 e. The van der Waals surface area contributed by atoms with E-state index in [0.717, 1.165) is 28.9 Å². The fourth-order valence-corrected chi connectivity index (χ4v) is 2.48. The quantitative estimate of drug-likeness (QED) is 0.696. The molecule has 2 N–H and O–H groups in total. The topological polar surface area (TPSA) is 54.0 Å². The van der Waals surface area contributed by atoms with Crippen LogP contribution in [-0.2, 0) is 0 Å². The fraction of sp³-hybridized carbons (Fsp3) is 0.100. The Labute approximate surface area is 149 Å². The molecule has 1 aromatic heterocycles. The molecule has 0 fully saturated rings. The van der Waals surface area contributed by atoms with Crippen LogP contribution in [0.15, 0.2) is 54.7 Å². The number of anilines is 3. The lowest BCUT2D eigenvalue weighted by atomic mass is 10.1. The predicted molar refractivity (Wildman–Crippen MR) is 97.7 cm³/mol. The van der Waals surface area contributed by atoms with Crippen LogP contribution in [0.1, 0.15) is 21.5 Å². The smallest absolute Gasteiger partial charge is 0.257 e. The van der Waals surface area contributed by atoms with Crippen LogP contribution in [0.2, 0.25) is 0 Å². The van der Waals surface area contributed by atoms with Gasteiger partial charge in [0.15, 0.2) is 0 Å². The second-order valence-corrected chi connectivity index (χ2v) is 5.95. The molecule has 0 spiro atoms. The maximum absolute atomic E-state index is 13.7. The Morgan fingerprint density at radius 2 is 1.73 bits per heavy atom. The lowest BCUT2D eigenvalue weighted by Gasteiger charge is -2.10. The van der Waals surface area contributed by atoms with E-state index in [4.69, 9.17) is 0 Å². The minimum absolute atomic E-state index is 0.103. The van der Waals surface area contributed by atoms with Crippen LogP contribution >= 0.6 is 0 Å². The van der Waals surface area contributed by atoms with E-state index in [9.17, 15) is 13.6 Å². The number of halogens is 2. The Balaban J connectivity index is 1.71. The summed E-state index contributed by atoms with van der Waals surface area (Å²) in [5.74, 6) is -1.31. The summed E-state index contributed by atoms with van der Waals surface area (Å²) in [4.78, 5) is 16.4. The molecule has 0 bridgehead atoms. The number of benzene rings is 2. The van der Waals surface area contributed by atoms with Gasteiger partial charge in [-0.15, -0.1) is 0 Å². The van der Waals surface area contributed by atoms with E-state index in [-0.39, 0.29) is 11.6 Å². The van der Waals surface area contributed by atoms with Crippen molar-refractivity contribution < 1.29 is 13.6 Å². The molecular weight excluding hydrogens is 336 g/mol. The van der Waals surface area contributed by atoms with Gasteiger partial charge in [-0.05, 0) is 49.7 Å². The van der Waals surface area contributed by atoms with Crippen molar-refractivity contribution in [2.24, 2.45) is 0 Å². The van der Waals surface area contributed by atoms with Gasteiger partial charge in [0.2, 0.25) is 0 Å². The zero-order valence-corrected chi connectivity index (χ0v) is 14.3. The van der Waals surface area contributed by atoms with Gasteiger partial charge in [0.05, 0.1) is 11.3 Å². The molecule has 2 aromatic carbocycles. The molecule has 0 saturated heterocycles. The molecule has 132 valence electrons. The molecule has 4 nitrogen and oxygen atoms in total. The van der Waals surface area contributed by atoms with Crippen LogP contribution in [0.3, 0.4) is 0 Å². The van der Waals surface area contributed by atoms with Gasteiger partial charge >= 0.3 is 0 Å². The molecule has 0 aliphatic rings. The first-order valence-corrected chi connectivity index (χ1v) is 7.99. The van der Waals surface area contributed by atoms with E-state index < -0.39 is 11.6 Å². The summed E-state index contributed by atoms with van der Waals surface area (Å²) in [6.07, 6.45) is 1.39. The largest absolute Gasteiger partial charge is 0.338 e. The van der Waals surface area contributed by atoms with Crippen LogP contribution in [0.4, 0.5) is 26.0 Å². The van der Waals surface area contributed by atoms with E-state index in [1.807, 2.05) is 32.0 Å². The van der Waals surface area contributed by atoms with Gasteiger partial charge in [-0.3, -0.25) is 4.79 Å². The van der Waals surface area contributed by atoms with Crippen LogP contribution < -0.4 is 10.6 Å². The standard InChI is InChI=1S/C20H17F2N3O/c1-12-3-6-17(13(2)9-12)25-20(26)14-4-8-19(23-11-14)24-18-7-5-15(21)10-16(18)22/h3-11H,1-2H3,(H,23,24)(H,25,26). The normalized spacial score (nSPS) is 10.5. The highest BCUT2D eigenvalue weighted by Crippen LogP contribution is 2.20. The average Bonchev–Trinajstić information content (AvgIpc) is 2.60. The number of nitrogens with zero attached hydrogens (tertiary/aromatic N) is 1. The first kappa shape index (κ1) is 17.5. The summed E-state index contributed by atoms with van der Waals surface area (Å²) >= 11 is 0. The number of rotatable bonds is 4. The molecule has 0 atom stereocenters. The van der Waals surface area contributed by atoms with Crippen molar-refractivity contribution in [3.63, 3.8) is 0 Å². The number of aryl methyl sites for hydroxylation is 2. The summed E-state index contributed by atoms with van der Waals surface area (Å²) in [5, 5.41) is 5.58. The third-order valence-electron chi connectivity index (χ3n) is 3.85. The van der Waals surface area contributed by atoms with E-state index in [2.05, 4.69) is 15.6 Å². The highest BCUT2D eigenvalue weighted by Gasteiger charge is 2.10. The molecule has 0 aliphatic heterocycles. The van der Waals surface area contributed by atoms with Gasteiger partial charge in [0.1, 0.15) is 17.5 Å². The minimum atomic E-state index is -0.719. The molecule has 0 aliphatic carbocycles. The van der Waals surface area contributed by atoms with Crippen LogP contribution in [0.5, 0.6) is 0 Å². The summed E-state index contributed by atoms with van der Waals surface area (Å²) in [6.45, 7) is 3.91. The second-order valence-electron chi connectivity index (χ2n) is 5.95. The summed E-state index contributed by atoms with van der Waals surface area (Å²) in [7, 11) is 0. The van der Waals surface area contributed by atoms with Gasteiger partial charge in [0.25, 0.3) is 5.91 Å². The van der Waals surface area contributed by atoms with E-state index in [1.54, 1.807) is 12.1 Å². The lowest BCUT2D eigenvalue weighted by molar-refractivity contribution is 0.102. The highest BCUT2D eigenvalue weighted by molar-refractivity contribution is 6.04. The number of nitrogens with one attached hydrogen (secondary N) is 2. The Bertz CT molecular complexity index is 956. The Morgan fingerprint density at radius 3 is 2.38 bits per heavy atom. The maximum Gasteiger partial charge on any atom is 0.257 e. The SMILES string of the molecule is Cc1ccc(NC(=O)c2ccc(Nc3ccc(F)cc3F)nc2)c(C)c1. The predicted octanol–water partition coefficient (Wildman–Crippen LogP) is 4.97. The van der Waals surface area contributed by atoms with Crippen LogP contribution in [0.25, 0.3) is 0 Å². The van der Waals surface area contributed by atoms with Crippen molar-refractivity contribution in [3.8, 4) is 0 Å². The monoisotopic (exact) mass is 353 g/mol. The van der Waals surface area contributed by atoms with Gasteiger partial charge < -0.3 is 10.6 Å². The molecule has 0 unspecified atom stereocenters. The molecule has 0 radical (unpaired) electrons. The van der Waals surface area contributed by atoms with Crippen LogP contribution in [0, 0.1) is 25.5 Å². The van der Waals surface area contributed by atoms with Gasteiger partial charge in [-0.25, -0.2) is 13.8 Å². The molecule has 3 rings (SSSR count). The zero-order valence-electron chi connectivity index (χ0n) is 14.3. The van der Waals surface area contributed by atoms with Crippen LogP contribution in [-0.4, -0.2) is 10.9 Å². The number of amides is 1. The van der Waals surface area contributed by atoms with Crippen molar-refractivity contribution >= 4 is 23.1 Å². The number of carbonyl (C=O) groups excluding carboxylic acids is 1. The number of pyridine rings is 1. The number of hydrogen-bond donors (Lipinski definition) is 2. The number of hydrogen-bond acceptors (Lipinski definition) is 3. The lowest BCUT2D eigenvalue weighted by Crippen LogP contribution is -2.13. The second kappa shape index (κ2) is 7.31. The first-order chi connectivity index (χ1) is 12.4. The molecular formula is C20H17F2N3O. The first-order valence-electron chi connectivity index (χ1n) is 7.99. The summed E-state index contributed by atoms with van der Waals surface area (Å²) in [6, 6.07) is 12.1. The third kappa shape index (κ3) is 4.03. The Morgan fingerprint density at radius 1 is 0.962 bits per heavy atom. The maximum atomic E-state index is 13.7. The Hall–Kier alpha value is -3.28. The van der Waals surface area contributed by atoms with Crippen molar-refractivity contribution in [2.45, 2.75) is 13.8 Å². The molecule has 26 heavy (non-hydrogen) atoms. The number of carbonyl (C=O) groups is 1. The molecule has 0 saturated carbocycles. The van der Waals surface area contributed by atoms with Crippen molar-refractivity contribution in [1.82, 2.24) is 4.98 Å². The van der Waals surface area contributed by atoms with Crippen molar-refractivity contribution in [1.29, 1.82) is 0 Å². The molecule has 1 heterocycles. The molecule has 3 aromatic rings. The van der Waals surface area contributed by atoms with E-state index in [1.165, 1.54) is 12.3 Å². The van der Waals surface area contributed by atoms with Crippen molar-refractivity contribution in [2.75, 3.05) is 10.6 Å². The van der Waals surface area contributed by atoms with Gasteiger partial charge in [-0.1, -0.05) is 17.7 Å². The molecule has 1 amide bonds.